The smallest absolute Gasteiger partial charge is 0.151 e. The molecule has 0 bridgehead atoms. The fourth-order valence-corrected chi connectivity index (χ4v) is 4.68. The van der Waals surface area contributed by atoms with Crippen molar-refractivity contribution in [3.8, 4) is 5.69 Å². The van der Waals surface area contributed by atoms with Crippen molar-refractivity contribution in [2.24, 2.45) is 0 Å². The van der Waals surface area contributed by atoms with Gasteiger partial charge < -0.3 is 5.32 Å². The molecule has 0 saturated carbocycles. The summed E-state index contributed by atoms with van der Waals surface area (Å²) in [6.45, 7) is 4.91. The summed E-state index contributed by atoms with van der Waals surface area (Å²) in [5.74, 6) is 0.867. The molecule has 5 nitrogen and oxygen atoms in total. The summed E-state index contributed by atoms with van der Waals surface area (Å²) in [6.07, 6.45) is 2.74. The molecule has 1 saturated heterocycles. The van der Waals surface area contributed by atoms with E-state index in [1.807, 2.05) is 41.2 Å². The Hall–Kier alpha value is -1.66. The zero-order valence-electron chi connectivity index (χ0n) is 13.6. The van der Waals surface area contributed by atoms with E-state index in [1.54, 1.807) is 0 Å². The van der Waals surface area contributed by atoms with Gasteiger partial charge in [0, 0.05) is 24.3 Å². The van der Waals surface area contributed by atoms with Crippen molar-refractivity contribution in [2.45, 2.75) is 38.8 Å². The monoisotopic (exact) mass is 333 g/mol. The summed E-state index contributed by atoms with van der Waals surface area (Å²) in [5.41, 5.74) is 3.22. The van der Waals surface area contributed by atoms with Crippen LogP contribution in [0.3, 0.4) is 0 Å². The van der Waals surface area contributed by atoms with Crippen LogP contribution < -0.4 is 5.32 Å². The number of sulfone groups is 1. The quantitative estimate of drug-likeness (QED) is 0.912. The predicted molar refractivity (Wildman–Crippen MR) is 91.6 cm³/mol. The molecule has 1 fully saturated rings. The molecule has 0 aliphatic carbocycles. The fourth-order valence-electron chi connectivity index (χ4n) is 2.97. The lowest BCUT2D eigenvalue weighted by atomic mass is 10.1. The van der Waals surface area contributed by atoms with Crippen molar-refractivity contribution in [1.29, 1.82) is 0 Å². The molecule has 0 radical (unpaired) electrons. The third kappa shape index (κ3) is 3.82. The van der Waals surface area contributed by atoms with Crippen LogP contribution in [0.4, 0.5) is 0 Å². The molecule has 2 aromatic rings. The standard InChI is InChI=1S/C17H23N3O2S/c1-13(2)17-14(10-18-15-8-9-23(21,22)12-15)11-20(19-17)16-6-4-3-5-7-16/h3-7,11,13,15,18H,8-10,12H2,1-2H3/t15-/m1/s1. The van der Waals surface area contributed by atoms with E-state index in [4.69, 9.17) is 5.10 Å². The van der Waals surface area contributed by atoms with E-state index in [2.05, 4.69) is 19.2 Å². The van der Waals surface area contributed by atoms with Gasteiger partial charge in [0.1, 0.15) is 0 Å². The normalized spacial score (nSPS) is 20.2. The van der Waals surface area contributed by atoms with Gasteiger partial charge in [0.15, 0.2) is 9.84 Å². The molecular weight excluding hydrogens is 310 g/mol. The van der Waals surface area contributed by atoms with E-state index < -0.39 is 9.84 Å². The van der Waals surface area contributed by atoms with E-state index >= 15 is 0 Å². The molecule has 2 heterocycles. The van der Waals surface area contributed by atoms with Gasteiger partial charge in [0.05, 0.1) is 22.9 Å². The Kier molecular flexibility index (Phi) is 4.55. The second-order valence-electron chi connectivity index (χ2n) is 6.46. The van der Waals surface area contributed by atoms with Crippen molar-refractivity contribution in [3.05, 3.63) is 47.8 Å². The third-order valence-electron chi connectivity index (χ3n) is 4.20. The van der Waals surface area contributed by atoms with Crippen LogP contribution in [0, 0.1) is 0 Å². The van der Waals surface area contributed by atoms with Gasteiger partial charge in [-0.25, -0.2) is 13.1 Å². The number of nitrogens with zero attached hydrogens (tertiary/aromatic N) is 2. The molecule has 1 aliphatic heterocycles. The van der Waals surface area contributed by atoms with Crippen LogP contribution in [0.5, 0.6) is 0 Å². The van der Waals surface area contributed by atoms with E-state index in [9.17, 15) is 8.42 Å². The first-order valence-corrected chi connectivity index (χ1v) is 9.84. The van der Waals surface area contributed by atoms with Crippen LogP contribution in [-0.4, -0.2) is 35.7 Å². The molecule has 23 heavy (non-hydrogen) atoms. The average molecular weight is 333 g/mol. The minimum atomic E-state index is -2.85. The number of hydrogen-bond acceptors (Lipinski definition) is 4. The molecule has 0 amide bonds. The average Bonchev–Trinajstić information content (AvgIpc) is 3.09. The van der Waals surface area contributed by atoms with E-state index in [1.165, 1.54) is 0 Å². The topological polar surface area (TPSA) is 64.0 Å². The summed E-state index contributed by atoms with van der Waals surface area (Å²) >= 11 is 0. The van der Waals surface area contributed by atoms with Crippen LogP contribution in [0.2, 0.25) is 0 Å². The first-order chi connectivity index (χ1) is 10.9. The van der Waals surface area contributed by atoms with Crippen LogP contribution in [0.25, 0.3) is 5.69 Å². The van der Waals surface area contributed by atoms with Gasteiger partial charge in [-0.1, -0.05) is 32.0 Å². The summed E-state index contributed by atoms with van der Waals surface area (Å²) in [5, 5.41) is 8.09. The molecule has 1 aromatic carbocycles. The minimum Gasteiger partial charge on any atom is -0.309 e. The van der Waals surface area contributed by atoms with Gasteiger partial charge in [0.25, 0.3) is 0 Å². The molecule has 1 N–H and O–H groups in total. The molecule has 6 heteroatoms. The zero-order chi connectivity index (χ0) is 16.4. The number of rotatable bonds is 5. The van der Waals surface area contributed by atoms with Crippen molar-refractivity contribution >= 4 is 9.84 Å². The third-order valence-corrected chi connectivity index (χ3v) is 5.97. The van der Waals surface area contributed by atoms with Crippen LogP contribution >= 0.6 is 0 Å². The Balaban J connectivity index is 1.77. The van der Waals surface area contributed by atoms with Crippen LogP contribution in [0.15, 0.2) is 36.5 Å². The second kappa shape index (κ2) is 6.45. The summed E-state index contributed by atoms with van der Waals surface area (Å²) < 4.78 is 25.0. The maximum Gasteiger partial charge on any atom is 0.151 e. The molecule has 0 spiro atoms. The Labute approximate surface area is 137 Å². The highest BCUT2D eigenvalue weighted by Crippen LogP contribution is 2.21. The van der Waals surface area contributed by atoms with E-state index in [0.29, 0.717) is 24.6 Å². The van der Waals surface area contributed by atoms with Gasteiger partial charge in [-0.2, -0.15) is 5.10 Å². The highest BCUT2D eigenvalue weighted by atomic mass is 32.2. The Morgan fingerprint density at radius 1 is 1.30 bits per heavy atom. The SMILES string of the molecule is CC(C)c1nn(-c2ccccc2)cc1CN[C@@H]1CCS(=O)(=O)C1. The number of benzene rings is 1. The largest absolute Gasteiger partial charge is 0.309 e. The number of hydrogen-bond donors (Lipinski definition) is 1. The fraction of sp³-hybridized carbons (Fsp3) is 0.471. The molecule has 0 unspecified atom stereocenters. The maximum atomic E-state index is 11.6. The molecule has 3 rings (SSSR count). The summed E-state index contributed by atoms with van der Waals surface area (Å²) in [7, 11) is -2.85. The van der Waals surface area contributed by atoms with Crippen LogP contribution in [-0.2, 0) is 16.4 Å². The first kappa shape index (κ1) is 16.2. The second-order valence-corrected chi connectivity index (χ2v) is 8.68. The number of nitrogens with one attached hydrogen (secondary N) is 1. The summed E-state index contributed by atoms with van der Waals surface area (Å²) in [4.78, 5) is 0. The lowest BCUT2D eigenvalue weighted by molar-refractivity contribution is 0.551. The molecular formula is C17H23N3O2S. The molecule has 1 atom stereocenters. The Morgan fingerprint density at radius 3 is 2.65 bits per heavy atom. The van der Waals surface area contributed by atoms with E-state index in [-0.39, 0.29) is 11.8 Å². The van der Waals surface area contributed by atoms with Crippen molar-refractivity contribution in [2.75, 3.05) is 11.5 Å². The predicted octanol–water partition coefficient (Wildman–Crippen LogP) is 2.27. The highest BCUT2D eigenvalue weighted by Gasteiger charge is 2.27. The molecule has 1 aromatic heterocycles. The Bertz CT molecular complexity index is 766. The lowest BCUT2D eigenvalue weighted by Crippen LogP contribution is -2.29. The van der Waals surface area contributed by atoms with Gasteiger partial charge in [-0.3, -0.25) is 0 Å². The van der Waals surface area contributed by atoms with Gasteiger partial charge in [0.2, 0.25) is 0 Å². The maximum absolute atomic E-state index is 11.6. The first-order valence-electron chi connectivity index (χ1n) is 8.02. The summed E-state index contributed by atoms with van der Waals surface area (Å²) in [6, 6.07) is 10.1. The zero-order valence-corrected chi connectivity index (χ0v) is 14.4. The van der Waals surface area contributed by atoms with Crippen molar-refractivity contribution in [1.82, 2.24) is 15.1 Å². The number of aromatic nitrogens is 2. The van der Waals surface area contributed by atoms with Crippen molar-refractivity contribution in [3.63, 3.8) is 0 Å². The van der Waals surface area contributed by atoms with Gasteiger partial charge in [-0.15, -0.1) is 0 Å². The van der Waals surface area contributed by atoms with Crippen molar-refractivity contribution < 1.29 is 8.42 Å². The Morgan fingerprint density at radius 2 is 2.04 bits per heavy atom. The highest BCUT2D eigenvalue weighted by molar-refractivity contribution is 7.91. The number of para-hydroxylation sites is 1. The lowest BCUT2D eigenvalue weighted by Gasteiger charge is -2.11. The van der Waals surface area contributed by atoms with E-state index in [0.717, 1.165) is 16.9 Å². The van der Waals surface area contributed by atoms with Gasteiger partial charge in [-0.05, 0) is 24.5 Å². The molecule has 124 valence electrons. The molecule has 1 aliphatic rings. The van der Waals surface area contributed by atoms with Crippen LogP contribution in [0.1, 0.15) is 37.4 Å². The van der Waals surface area contributed by atoms with Gasteiger partial charge >= 0.3 is 0 Å². The minimum absolute atomic E-state index is 0.0556.